The molecule has 0 radical (unpaired) electrons. The number of nitrogens with one attached hydrogen (secondary N) is 2. The van der Waals surface area contributed by atoms with Crippen LogP contribution in [0.1, 0.15) is 31.7 Å². The number of nitrogens with zero attached hydrogens (tertiary/aromatic N) is 1. The summed E-state index contributed by atoms with van der Waals surface area (Å²) in [5.41, 5.74) is 3.46. The van der Waals surface area contributed by atoms with E-state index in [4.69, 9.17) is 0 Å². The highest BCUT2D eigenvalue weighted by Crippen LogP contribution is 2.24. The summed E-state index contributed by atoms with van der Waals surface area (Å²) in [6.45, 7) is 2.73. The predicted octanol–water partition coefficient (Wildman–Crippen LogP) is 2.96. The van der Waals surface area contributed by atoms with Crippen LogP contribution >= 0.6 is 0 Å². The monoisotopic (exact) mass is 379 g/mol. The molecule has 1 aliphatic heterocycles. The fraction of sp³-hybridized carbons (Fsp3) is 0.391. The first-order chi connectivity index (χ1) is 13.5. The summed E-state index contributed by atoms with van der Waals surface area (Å²) < 4.78 is 0. The minimum absolute atomic E-state index is 0.00660. The second-order valence-electron chi connectivity index (χ2n) is 7.53. The van der Waals surface area contributed by atoms with Crippen LogP contribution in [0.2, 0.25) is 0 Å². The van der Waals surface area contributed by atoms with Gasteiger partial charge >= 0.3 is 0 Å². The lowest BCUT2D eigenvalue weighted by Crippen LogP contribution is -2.41. The van der Waals surface area contributed by atoms with Crippen LogP contribution in [0, 0.1) is 0 Å². The van der Waals surface area contributed by atoms with Crippen LogP contribution in [-0.4, -0.2) is 42.4 Å². The first-order valence-electron chi connectivity index (χ1n) is 9.90. The van der Waals surface area contributed by atoms with Gasteiger partial charge in [-0.05, 0) is 36.6 Å². The van der Waals surface area contributed by atoms with Crippen LogP contribution < -0.4 is 10.6 Å². The van der Waals surface area contributed by atoms with Crippen LogP contribution in [0.3, 0.4) is 0 Å². The number of carbonyl (C=O) groups is 2. The second-order valence-corrected chi connectivity index (χ2v) is 7.53. The molecule has 5 nitrogen and oxygen atoms in total. The van der Waals surface area contributed by atoms with Gasteiger partial charge in [0, 0.05) is 38.5 Å². The molecule has 2 atom stereocenters. The Morgan fingerprint density at radius 2 is 1.57 bits per heavy atom. The van der Waals surface area contributed by atoms with Gasteiger partial charge in [0.25, 0.3) is 0 Å². The number of hydrogen-bond acceptors (Lipinski definition) is 3. The zero-order valence-corrected chi connectivity index (χ0v) is 16.7. The summed E-state index contributed by atoms with van der Waals surface area (Å²) in [7, 11) is 2.04. The Morgan fingerprint density at radius 1 is 0.929 bits per heavy atom. The number of rotatable bonds is 7. The SMILES string of the molecule is CC(=O)NC[C@H]1CC[C@@H](CC(=O)NCc2ccc(-c3ccccc3)cc2)N1C. The van der Waals surface area contributed by atoms with Crippen molar-refractivity contribution < 1.29 is 9.59 Å². The van der Waals surface area contributed by atoms with Gasteiger partial charge in [0.1, 0.15) is 0 Å². The first-order valence-corrected chi connectivity index (χ1v) is 9.90. The number of carbonyl (C=O) groups excluding carboxylic acids is 2. The van der Waals surface area contributed by atoms with Crippen LogP contribution in [0.5, 0.6) is 0 Å². The maximum absolute atomic E-state index is 12.4. The fourth-order valence-corrected chi connectivity index (χ4v) is 3.78. The minimum Gasteiger partial charge on any atom is -0.355 e. The standard InChI is InChI=1S/C23H29N3O2/c1-17(27)24-16-22-13-12-21(26(22)2)14-23(28)25-15-18-8-10-20(11-9-18)19-6-4-3-5-7-19/h3-11,21-22H,12-16H2,1-2H3,(H,24,27)(H,25,28)/t21-,22+/m0/s1. The third-order valence-electron chi connectivity index (χ3n) is 5.54. The Bertz CT molecular complexity index is 789. The van der Waals surface area contributed by atoms with E-state index in [1.165, 1.54) is 18.1 Å². The summed E-state index contributed by atoms with van der Waals surface area (Å²) in [6.07, 6.45) is 2.49. The van der Waals surface area contributed by atoms with E-state index in [2.05, 4.69) is 51.9 Å². The smallest absolute Gasteiger partial charge is 0.221 e. The van der Waals surface area contributed by atoms with E-state index in [1.807, 2.05) is 25.2 Å². The van der Waals surface area contributed by atoms with Gasteiger partial charge in [-0.25, -0.2) is 0 Å². The van der Waals surface area contributed by atoms with E-state index >= 15 is 0 Å². The van der Waals surface area contributed by atoms with Crippen LogP contribution in [0.4, 0.5) is 0 Å². The van der Waals surface area contributed by atoms with Crippen molar-refractivity contribution in [2.75, 3.05) is 13.6 Å². The molecular weight excluding hydrogens is 350 g/mol. The van der Waals surface area contributed by atoms with Gasteiger partial charge in [-0.3, -0.25) is 14.5 Å². The van der Waals surface area contributed by atoms with Gasteiger partial charge in [-0.1, -0.05) is 54.6 Å². The van der Waals surface area contributed by atoms with Crippen molar-refractivity contribution in [2.45, 2.75) is 44.8 Å². The zero-order chi connectivity index (χ0) is 19.9. The van der Waals surface area contributed by atoms with E-state index in [0.29, 0.717) is 25.6 Å². The molecule has 0 aromatic heterocycles. The molecule has 5 heteroatoms. The molecule has 2 aromatic carbocycles. The van der Waals surface area contributed by atoms with Crippen LogP contribution in [-0.2, 0) is 16.1 Å². The highest BCUT2D eigenvalue weighted by molar-refractivity contribution is 5.76. The Hall–Kier alpha value is -2.66. The molecule has 1 heterocycles. The molecule has 148 valence electrons. The molecule has 1 aliphatic rings. The number of likely N-dealkylation sites (tertiary alicyclic amines) is 1. The van der Waals surface area contributed by atoms with Crippen LogP contribution in [0.15, 0.2) is 54.6 Å². The summed E-state index contributed by atoms with van der Waals surface area (Å²) in [4.78, 5) is 25.7. The van der Waals surface area contributed by atoms with E-state index in [-0.39, 0.29) is 17.9 Å². The van der Waals surface area contributed by atoms with Crippen LogP contribution in [0.25, 0.3) is 11.1 Å². The average Bonchev–Trinajstić information content (AvgIpc) is 3.05. The third-order valence-corrected chi connectivity index (χ3v) is 5.54. The van der Waals surface area contributed by atoms with Gasteiger partial charge in [-0.2, -0.15) is 0 Å². The minimum atomic E-state index is -0.00660. The van der Waals surface area contributed by atoms with Crippen molar-refractivity contribution in [3.05, 3.63) is 60.2 Å². The van der Waals surface area contributed by atoms with Crippen molar-refractivity contribution >= 4 is 11.8 Å². The summed E-state index contributed by atoms with van der Waals surface area (Å²) in [6, 6.07) is 19.1. The lowest BCUT2D eigenvalue weighted by Gasteiger charge is -2.25. The second kappa shape index (κ2) is 9.51. The Kier molecular flexibility index (Phi) is 6.82. The van der Waals surface area contributed by atoms with Crippen molar-refractivity contribution in [1.29, 1.82) is 0 Å². The van der Waals surface area contributed by atoms with Crippen molar-refractivity contribution in [2.24, 2.45) is 0 Å². The normalized spacial score (nSPS) is 19.4. The number of benzene rings is 2. The molecular formula is C23H29N3O2. The van der Waals surface area contributed by atoms with E-state index < -0.39 is 0 Å². The highest BCUT2D eigenvalue weighted by atomic mass is 16.2. The number of likely N-dealkylation sites (N-methyl/N-ethyl adjacent to an activating group) is 1. The molecule has 0 unspecified atom stereocenters. The average molecular weight is 380 g/mol. The molecule has 3 rings (SSSR count). The van der Waals surface area contributed by atoms with Gasteiger partial charge in [0.05, 0.1) is 0 Å². The molecule has 1 saturated heterocycles. The number of hydrogen-bond donors (Lipinski definition) is 2. The molecule has 2 amide bonds. The molecule has 0 aliphatic carbocycles. The topological polar surface area (TPSA) is 61.4 Å². The summed E-state index contributed by atoms with van der Waals surface area (Å²) in [5, 5.41) is 5.91. The summed E-state index contributed by atoms with van der Waals surface area (Å²) >= 11 is 0. The van der Waals surface area contributed by atoms with Gasteiger partial charge in [0.2, 0.25) is 11.8 Å². The largest absolute Gasteiger partial charge is 0.355 e. The highest BCUT2D eigenvalue weighted by Gasteiger charge is 2.31. The first kappa shape index (κ1) is 20.1. The van der Waals surface area contributed by atoms with Crippen molar-refractivity contribution in [3.8, 4) is 11.1 Å². The molecule has 2 aromatic rings. The lowest BCUT2D eigenvalue weighted by molar-refractivity contribution is -0.122. The molecule has 0 spiro atoms. The Labute approximate surface area is 167 Å². The fourth-order valence-electron chi connectivity index (χ4n) is 3.78. The molecule has 2 N–H and O–H groups in total. The van der Waals surface area contributed by atoms with Crippen molar-refractivity contribution in [1.82, 2.24) is 15.5 Å². The molecule has 0 bridgehead atoms. The van der Waals surface area contributed by atoms with E-state index in [9.17, 15) is 9.59 Å². The number of amides is 2. The predicted molar refractivity (Wildman–Crippen MR) is 112 cm³/mol. The van der Waals surface area contributed by atoms with Gasteiger partial charge < -0.3 is 10.6 Å². The quantitative estimate of drug-likeness (QED) is 0.778. The third kappa shape index (κ3) is 5.42. The lowest BCUT2D eigenvalue weighted by atomic mass is 10.0. The summed E-state index contributed by atoms with van der Waals surface area (Å²) in [5.74, 6) is 0.0667. The maximum atomic E-state index is 12.4. The molecule has 1 fully saturated rings. The Morgan fingerprint density at radius 3 is 2.25 bits per heavy atom. The molecule has 28 heavy (non-hydrogen) atoms. The van der Waals surface area contributed by atoms with E-state index in [1.54, 1.807) is 0 Å². The van der Waals surface area contributed by atoms with E-state index in [0.717, 1.165) is 18.4 Å². The molecule has 0 saturated carbocycles. The van der Waals surface area contributed by atoms with Crippen molar-refractivity contribution in [3.63, 3.8) is 0 Å². The maximum Gasteiger partial charge on any atom is 0.221 e. The van der Waals surface area contributed by atoms with Gasteiger partial charge in [-0.15, -0.1) is 0 Å². The van der Waals surface area contributed by atoms with Gasteiger partial charge in [0.15, 0.2) is 0 Å². The Balaban J connectivity index is 1.45. The zero-order valence-electron chi connectivity index (χ0n) is 16.7.